The molecule has 3 aromatic heterocycles. The number of piperidine rings is 1. The molecule has 0 bridgehead atoms. The van der Waals surface area contributed by atoms with Gasteiger partial charge in [0.1, 0.15) is 11.4 Å². The molecule has 0 amide bonds. The van der Waals surface area contributed by atoms with Crippen molar-refractivity contribution < 1.29 is 14.2 Å². The summed E-state index contributed by atoms with van der Waals surface area (Å²) in [4.78, 5) is 21.0. The highest BCUT2D eigenvalue weighted by Gasteiger charge is 2.35. The Hall–Kier alpha value is -2.76. The van der Waals surface area contributed by atoms with Crippen molar-refractivity contribution in [1.82, 2.24) is 25.1 Å². The average molecular weight is 484 g/mol. The van der Waals surface area contributed by atoms with Crippen molar-refractivity contribution in [1.29, 1.82) is 0 Å². The highest BCUT2D eigenvalue weighted by atomic mass is 32.2. The van der Waals surface area contributed by atoms with Gasteiger partial charge in [-0.1, -0.05) is 19.0 Å². The monoisotopic (exact) mass is 483 g/mol. The van der Waals surface area contributed by atoms with E-state index in [4.69, 9.17) is 14.5 Å². The van der Waals surface area contributed by atoms with Crippen molar-refractivity contribution in [3.8, 4) is 11.4 Å². The van der Waals surface area contributed by atoms with Crippen LogP contribution in [0.2, 0.25) is 0 Å². The molecule has 11 heteroatoms. The van der Waals surface area contributed by atoms with Crippen LogP contribution in [0.4, 0.5) is 11.8 Å². The van der Waals surface area contributed by atoms with E-state index in [1.54, 1.807) is 12.4 Å². The second-order valence-corrected chi connectivity index (χ2v) is 10.6. The number of nitrogens with zero attached hydrogens (tertiary/aromatic N) is 6. The maximum absolute atomic E-state index is 12.6. The van der Waals surface area contributed by atoms with E-state index in [1.807, 2.05) is 26.0 Å². The average Bonchev–Trinajstić information content (AvgIpc) is 3.50. The summed E-state index contributed by atoms with van der Waals surface area (Å²) in [6.07, 6.45) is 5.79. The van der Waals surface area contributed by atoms with Gasteiger partial charge in [0.05, 0.1) is 12.6 Å². The van der Waals surface area contributed by atoms with E-state index in [0.29, 0.717) is 40.6 Å². The summed E-state index contributed by atoms with van der Waals surface area (Å²) >= 11 is -1.12. The lowest BCUT2D eigenvalue weighted by atomic mass is 9.97. The fourth-order valence-corrected chi connectivity index (χ4v) is 5.68. The first kappa shape index (κ1) is 23.0. The molecule has 10 nitrogen and oxygen atoms in total. The zero-order valence-electron chi connectivity index (χ0n) is 19.3. The Labute approximate surface area is 201 Å². The molecule has 0 spiro atoms. The number of hydrogen-bond acceptors (Lipinski definition) is 10. The molecule has 34 heavy (non-hydrogen) atoms. The van der Waals surface area contributed by atoms with Crippen LogP contribution in [0.5, 0.6) is 0 Å². The minimum absolute atomic E-state index is 0.0184. The predicted molar refractivity (Wildman–Crippen MR) is 128 cm³/mol. The van der Waals surface area contributed by atoms with E-state index < -0.39 is 11.2 Å². The number of anilines is 2. The van der Waals surface area contributed by atoms with E-state index in [2.05, 4.69) is 25.3 Å². The largest absolute Gasteiger partial charge is 0.611 e. The first-order valence-corrected chi connectivity index (χ1v) is 13.0. The number of aliphatic hydroxyl groups excluding tert-OH is 1. The maximum atomic E-state index is 12.6. The van der Waals surface area contributed by atoms with Crippen LogP contribution in [0.15, 0.2) is 33.9 Å². The van der Waals surface area contributed by atoms with Crippen LogP contribution in [0.25, 0.3) is 11.4 Å². The normalized spacial score (nSPS) is 19.4. The smallest absolute Gasteiger partial charge is 0.230 e. The van der Waals surface area contributed by atoms with Gasteiger partial charge in [-0.05, 0) is 42.1 Å². The van der Waals surface area contributed by atoms with E-state index in [9.17, 15) is 9.66 Å². The summed E-state index contributed by atoms with van der Waals surface area (Å²) in [5.74, 6) is 3.41. The van der Waals surface area contributed by atoms with E-state index in [1.165, 1.54) is 0 Å². The zero-order valence-corrected chi connectivity index (χ0v) is 20.2. The molecule has 0 saturated carbocycles. The topological polar surface area (TPSA) is 136 Å². The van der Waals surface area contributed by atoms with Gasteiger partial charge in [0, 0.05) is 43.4 Å². The van der Waals surface area contributed by atoms with Crippen molar-refractivity contribution >= 4 is 22.9 Å². The molecule has 5 rings (SSSR count). The summed E-state index contributed by atoms with van der Waals surface area (Å²) in [5, 5.41) is 17.3. The van der Waals surface area contributed by atoms with Crippen LogP contribution >= 0.6 is 0 Å². The summed E-state index contributed by atoms with van der Waals surface area (Å²) in [6.45, 7) is 5.57. The molecule has 0 radical (unpaired) electrons. The van der Waals surface area contributed by atoms with Crippen LogP contribution in [-0.4, -0.2) is 66.2 Å². The van der Waals surface area contributed by atoms with Gasteiger partial charge in [-0.2, -0.15) is 9.97 Å². The maximum Gasteiger partial charge on any atom is 0.230 e. The van der Waals surface area contributed by atoms with Crippen molar-refractivity contribution in [2.45, 2.75) is 50.0 Å². The van der Waals surface area contributed by atoms with Gasteiger partial charge in [-0.25, -0.2) is 4.98 Å². The molecule has 2 atom stereocenters. The lowest BCUT2D eigenvalue weighted by Crippen LogP contribution is -2.35. The highest BCUT2D eigenvalue weighted by molar-refractivity contribution is 7.91. The lowest BCUT2D eigenvalue weighted by molar-refractivity contribution is 0.248. The Kier molecular flexibility index (Phi) is 6.66. The number of fused-ring (bicyclic) bond motifs is 1. The molecule has 2 N–H and O–H groups in total. The minimum Gasteiger partial charge on any atom is -0.611 e. The fraction of sp³-hybridized carbons (Fsp3) is 0.522. The number of rotatable bonds is 7. The molecular weight excluding hydrogens is 454 g/mol. The molecular formula is C23H29N7O3S. The Morgan fingerprint density at radius 3 is 2.68 bits per heavy atom. The molecule has 1 fully saturated rings. The molecule has 2 aliphatic heterocycles. The summed E-state index contributed by atoms with van der Waals surface area (Å²) in [6, 6.07) is 3.56. The molecule has 0 aliphatic carbocycles. The van der Waals surface area contributed by atoms with Crippen LogP contribution in [0.3, 0.4) is 0 Å². The van der Waals surface area contributed by atoms with Gasteiger partial charge in [0.15, 0.2) is 5.82 Å². The Morgan fingerprint density at radius 2 is 1.97 bits per heavy atom. The van der Waals surface area contributed by atoms with Gasteiger partial charge in [-0.3, -0.25) is 4.98 Å². The molecule has 3 aromatic rings. The second-order valence-electron chi connectivity index (χ2n) is 9.08. The van der Waals surface area contributed by atoms with Crippen LogP contribution in [0.1, 0.15) is 44.2 Å². The Morgan fingerprint density at radius 1 is 1.21 bits per heavy atom. The van der Waals surface area contributed by atoms with Crippen LogP contribution in [-0.2, 0) is 17.6 Å². The van der Waals surface area contributed by atoms with E-state index in [-0.39, 0.29) is 24.5 Å². The minimum atomic E-state index is -1.12. The number of pyridine rings is 1. The van der Waals surface area contributed by atoms with Gasteiger partial charge >= 0.3 is 0 Å². The standard InChI is InChI=1S/C23H29N7O3S/c1-14(2)18(13-31)25-21-19-17(7-12-34(19)32)26-23(28-21)30-10-5-16(6-11-30)22-27-20(29-33-22)15-3-8-24-9-4-15/h3-4,8-9,14,16,18,31H,5-7,10-13H2,1-2H3,(H,25,26,28). The van der Waals surface area contributed by atoms with Crippen LogP contribution in [0, 0.1) is 5.92 Å². The first-order valence-electron chi connectivity index (χ1n) is 11.7. The molecule has 180 valence electrons. The molecule has 2 unspecified atom stereocenters. The summed E-state index contributed by atoms with van der Waals surface area (Å²) in [5.41, 5.74) is 1.72. The summed E-state index contributed by atoms with van der Waals surface area (Å²) in [7, 11) is 0. The molecule has 2 aliphatic rings. The van der Waals surface area contributed by atoms with Crippen molar-refractivity contribution in [3.05, 3.63) is 36.1 Å². The SMILES string of the molecule is CC(C)C(CO)Nc1nc(N2CCC(c3nc(-c4ccncc4)no3)CC2)nc2c1[S+]([O-])CC2. The zero-order chi connectivity index (χ0) is 23.7. The van der Waals surface area contributed by atoms with E-state index >= 15 is 0 Å². The predicted octanol–water partition coefficient (Wildman–Crippen LogP) is 2.40. The van der Waals surface area contributed by atoms with Gasteiger partial charge in [0.2, 0.25) is 22.6 Å². The van der Waals surface area contributed by atoms with Gasteiger partial charge < -0.3 is 24.4 Å². The number of hydrogen-bond donors (Lipinski definition) is 2. The highest BCUT2D eigenvalue weighted by Crippen LogP contribution is 2.35. The Bertz CT molecular complexity index is 1120. The number of aromatic nitrogens is 5. The summed E-state index contributed by atoms with van der Waals surface area (Å²) < 4.78 is 18.2. The van der Waals surface area contributed by atoms with Crippen molar-refractivity contribution in [2.24, 2.45) is 5.92 Å². The lowest BCUT2D eigenvalue weighted by Gasteiger charge is -2.31. The third-order valence-corrected chi connectivity index (χ3v) is 7.97. The number of aryl methyl sites for hydroxylation is 1. The van der Waals surface area contributed by atoms with Gasteiger partial charge in [-0.15, -0.1) is 0 Å². The fourth-order valence-electron chi connectivity index (χ4n) is 4.37. The third kappa shape index (κ3) is 4.59. The quantitative estimate of drug-likeness (QED) is 0.482. The second kappa shape index (κ2) is 9.85. The third-order valence-electron chi connectivity index (χ3n) is 6.51. The molecule has 0 aromatic carbocycles. The van der Waals surface area contributed by atoms with Gasteiger partial charge in [0.25, 0.3) is 0 Å². The number of aliphatic hydroxyl groups is 1. The molecule has 5 heterocycles. The molecule has 1 saturated heterocycles. The first-order chi connectivity index (χ1) is 16.5. The number of nitrogens with one attached hydrogen (secondary N) is 1. The van der Waals surface area contributed by atoms with E-state index in [0.717, 1.165) is 37.2 Å². The van der Waals surface area contributed by atoms with Crippen molar-refractivity contribution in [2.75, 3.05) is 35.7 Å². The Balaban J connectivity index is 1.31. The van der Waals surface area contributed by atoms with Crippen LogP contribution < -0.4 is 10.2 Å². The van der Waals surface area contributed by atoms with Crippen molar-refractivity contribution in [3.63, 3.8) is 0 Å².